The van der Waals surface area contributed by atoms with Crippen LogP contribution in [0.15, 0.2) is 18.3 Å². The summed E-state index contributed by atoms with van der Waals surface area (Å²) in [6, 6.07) is 4.12. The number of thiophene rings is 1. The van der Waals surface area contributed by atoms with Crippen molar-refractivity contribution in [1.82, 2.24) is 25.0 Å². The first kappa shape index (κ1) is 19.3. The number of pyridine rings is 1. The van der Waals surface area contributed by atoms with Crippen LogP contribution in [0.5, 0.6) is 0 Å². The summed E-state index contributed by atoms with van der Waals surface area (Å²) in [5.41, 5.74) is 3.10. The van der Waals surface area contributed by atoms with E-state index in [1.54, 1.807) is 17.5 Å². The molecule has 1 N–H and O–H groups in total. The Hall–Kier alpha value is -2.65. The van der Waals surface area contributed by atoms with Crippen LogP contribution in [0.4, 0.5) is 5.13 Å². The molecule has 0 aliphatic heterocycles. The average molecular weight is 439 g/mol. The molecule has 7 nitrogen and oxygen atoms in total. The Morgan fingerprint density at radius 2 is 2.00 bits per heavy atom. The highest BCUT2D eigenvalue weighted by molar-refractivity contribution is 7.15. The number of hydrogen-bond acceptors (Lipinski definition) is 7. The third kappa shape index (κ3) is 3.41. The van der Waals surface area contributed by atoms with E-state index in [0.717, 1.165) is 34.5 Å². The molecule has 1 aliphatic rings. The molecule has 5 rings (SSSR count). The summed E-state index contributed by atoms with van der Waals surface area (Å²) < 4.78 is 1.86. The van der Waals surface area contributed by atoms with Gasteiger partial charge in [-0.1, -0.05) is 11.3 Å². The van der Waals surface area contributed by atoms with Gasteiger partial charge < -0.3 is 0 Å². The van der Waals surface area contributed by atoms with Crippen LogP contribution in [-0.2, 0) is 0 Å². The van der Waals surface area contributed by atoms with E-state index in [9.17, 15) is 4.79 Å². The molecule has 0 aromatic carbocycles. The Bertz CT molecular complexity index is 1260. The Labute approximate surface area is 182 Å². The van der Waals surface area contributed by atoms with Crippen molar-refractivity contribution in [3.63, 3.8) is 0 Å². The molecule has 0 saturated heterocycles. The van der Waals surface area contributed by atoms with Gasteiger partial charge in [0.1, 0.15) is 5.01 Å². The summed E-state index contributed by atoms with van der Waals surface area (Å²) in [6.07, 6.45) is 4.04. The number of amides is 1. The molecule has 1 aliphatic carbocycles. The van der Waals surface area contributed by atoms with Crippen molar-refractivity contribution < 1.29 is 4.79 Å². The summed E-state index contributed by atoms with van der Waals surface area (Å²) in [5.74, 6) is 0.302. The van der Waals surface area contributed by atoms with E-state index in [1.165, 1.54) is 21.1 Å². The second-order valence-corrected chi connectivity index (χ2v) is 10.4. The molecule has 0 radical (unpaired) electrons. The van der Waals surface area contributed by atoms with Gasteiger partial charge in [-0.25, -0.2) is 9.67 Å². The smallest absolute Gasteiger partial charge is 0.258 e. The number of rotatable bonds is 5. The van der Waals surface area contributed by atoms with Crippen molar-refractivity contribution in [2.75, 3.05) is 5.32 Å². The molecule has 154 valence electrons. The minimum absolute atomic E-state index is 0.135. The van der Waals surface area contributed by atoms with Gasteiger partial charge in [0.2, 0.25) is 5.13 Å². The largest absolute Gasteiger partial charge is 0.296 e. The Morgan fingerprint density at radius 3 is 2.67 bits per heavy atom. The molecule has 0 unspecified atom stereocenters. The zero-order chi connectivity index (χ0) is 21.0. The number of fused-ring (bicyclic) bond motifs is 1. The third-order valence-corrected chi connectivity index (χ3v) is 7.17. The molecule has 4 aromatic rings. The number of nitrogens with zero attached hydrogens (tertiary/aromatic N) is 5. The van der Waals surface area contributed by atoms with Crippen LogP contribution in [0.2, 0.25) is 0 Å². The zero-order valence-electron chi connectivity index (χ0n) is 17.3. The molecule has 0 atom stereocenters. The van der Waals surface area contributed by atoms with Crippen LogP contribution in [0.25, 0.3) is 22.3 Å². The summed E-state index contributed by atoms with van der Waals surface area (Å²) in [7, 11) is 0. The minimum atomic E-state index is -0.213. The molecule has 1 amide bonds. The molecular weight excluding hydrogens is 416 g/mol. The van der Waals surface area contributed by atoms with E-state index < -0.39 is 0 Å². The van der Waals surface area contributed by atoms with Gasteiger partial charge in [0.25, 0.3) is 5.91 Å². The first-order valence-electron chi connectivity index (χ1n) is 10.0. The number of carbonyl (C=O) groups excluding carboxylic acids is 1. The maximum Gasteiger partial charge on any atom is 0.258 e. The summed E-state index contributed by atoms with van der Waals surface area (Å²) in [5, 5.41) is 18.1. The van der Waals surface area contributed by atoms with Crippen LogP contribution in [-0.4, -0.2) is 30.9 Å². The SMILES string of the molecule is Cc1cc(-c2cc(C(=O)Nc3nnc(C4CC4)s3)c3cnn(C(C)C)c3n2)c(C)s1. The van der Waals surface area contributed by atoms with Gasteiger partial charge in [-0.3, -0.25) is 10.1 Å². The van der Waals surface area contributed by atoms with Crippen LogP contribution in [0.3, 0.4) is 0 Å². The Kier molecular flexibility index (Phi) is 4.67. The van der Waals surface area contributed by atoms with Crippen molar-refractivity contribution in [1.29, 1.82) is 0 Å². The fourth-order valence-electron chi connectivity index (χ4n) is 3.55. The average Bonchev–Trinajstić information content (AvgIpc) is 3.13. The van der Waals surface area contributed by atoms with Gasteiger partial charge in [0.15, 0.2) is 5.65 Å². The third-order valence-electron chi connectivity index (χ3n) is 5.21. The quantitative estimate of drug-likeness (QED) is 0.455. The molecule has 9 heteroatoms. The van der Waals surface area contributed by atoms with Gasteiger partial charge in [-0.15, -0.1) is 21.5 Å². The first-order chi connectivity index (χ1) is 14.4. The van der Waals surface area contributed by atoms with Gasteiger partial charge >= 0.3 is 0 Å². The Balaban J connectivity index is 1.59. The zero-order valence-corrected chi connectivity index (χ0v) is 18.9. The second kappa shape index (κ2) is 7.24. The lowest BCUT2D eigenvalue weighted by atomic mass is 10.1. The predicted molar refractivity (Wildman–Crippen MR) is 121 cm³/mol. The molecule has 1 fully saturated rings. The van der Waals surface area contributed by atoms with E-state index >= 15 is 0 Å². The van der Waals surface area contributed by atoms with Crippen LogP contribution in [0.1, 0.15) is 63.8 Å². The lowest BCUT2D eigenvalue weighted by Crippen LogP contribution is -2.13. The Morgan fingerprint density at radius 1 is 1.20 bits per heavy atom. The van der Waals surface area contributed by atoms with Gasteiger partial charge in [0, 0.05) is 27.3 Å². The topological polar surface area (TPSA) is 85.6 Å². The van der Waals surface area contributed by atoms with E-state index in [2.05, 4.69) is 54.4 Å². The highest BCUT2D eigenvalue weighted by atomic mass is 32.1. The fraction of sp³-hybridized carbons (Fsp3) is 0.381. The maximum absolute atomic E-state index is 13.2. The fourth-order valence-corrected chi connectivity index (χ4v) is 5.39. The number of nitrogens with one attached hydrogen (secondary N) is 1. The van der Waals surface area contributed by atoms with Crippen LogP contribution in [0, 0.1) is 13.8 Å². The maximum atomic E-state index is 13.2. The minimum Gasteiger partial charge on any atom is -0.296 e. The number of hydrogen-bond donors (Lipinski definition) is 1. The van der Waals surface area contributed by atoms with E-state index in [1.807, 2.05) is 10.7 Å². The van der Waals surface area contributed by atoms with E-state index in [-0.39, 0.29) is 11.9 Å². The van der Waals surface area contributed by atoms with Crippen molar-refractivity contribution >= 4 is 44.7 Å². The number of carbonyl (C=O) groups is 1. The standard InChI is InChI=1S/C21H22N6OS2/c1-10(2)27-18-16(9-22-27)15(8-17(23-18)14-7-11(3)29-12(14)4)19(28)24-21-26-25-20(30-21)13-5-6-13/h7-10,13H,5-6H2,1-4H3,(H,24,26,28). The van der Waals surface area contributed by atoms with E-state index in [0.29, 0.717) is 22.3 Å². The summed E-state index contributed by atoms with van der Waals surface area (Å²) in [6.45, 7) is 8.28. The van der Waals surface area contributed by atoms with Crippen molar-refractivity contribution in [3.05, 3.63) is 38.7 Å². The highest BCUT2D eigenvalue weighted by Crippen LogP contribution is 2.42. The van der Waals surface area contributed by atoms with Crippen molar-refractivity contribution in [2.24, 2.45) is 0 Å². The van der Waals surface area contributed by atoms with Crippen molar-refractivity contribution in [3.8, 4) is 11.3 Å². The lowest BCUT2D eigenvalue weighted by molar-refractivity contribution is 0.102. The highest BCUT2D eigenvalue weighted by Gasteiger charge is 2.28. The molecular formula is C21H22N6OS2. The molecule has 1 saturated carbocycles. The summed E-state index contributed by atoms with van der Waals surface area (Å²) >= 11 is 3.19. The summed E-state index contributed by atoms with van der Waals surface area (Å²) in [4.78, 5) is 20.5. The van der Waals surface area contributed by atoms with Gasteiger partial charge in [-0.2, -0.15) is 5.10 Å². The van der Waals surface area contributed by atoms with Gasteiger partial charge in [0.05, 0.1) is 22.8 Å². The molecule has 0 spiro atoms. The second-order valence-electron chi connectivity index (χ2n) is 7.98. The van der Waals surface area contributed by atoms with Crippen molar-refractivity contribution in [2.45, 2.75) is 52.5 Å². The monoisotopic (exact) mass is 438 g/mol. The molecule has 4 heterocycles. The lowest BCUT2D eigenvalue weighted by Gasteiger charge is -2.10. The predicted octanol–water partition coefficient (Wildman–Crippen LogP) is 5.34. The van der Waals surface area contributed by atoms with E-state index in [4.69, 9.17) is 4.98 Å². The number of aryl methyl sites for hydroxylation is 2. The molecule has 0 bridgehead atoms. The molecule has 30 heavy (non-hydrogen) atoms. The van der Waals surface area contributed by atoms with Crippen LogP contribution < -0.4 is 5.32 Å². The normalized spacial score (nSPS) is 14.0. The number of anilines is 1. The first-order valence-corrected chi connectivity index (χ1v) is 11.6. The van der Waals surface area contributed by atoms with Crippen LogP contribution >= 0.6 is 22.7 Å². The number of aromatic nitrogens is 5. The molecule has 4 aromatic heterocycles. The van der Waals surface area contributed by atoms with Gasteiger partial charge in [-0.05, 0) is 52.7 Å².